The molecule has 4 heteroatoms. The Morgan fingerprint density at radius 3 is 2.19 bits per heavy atom. The topological polar surface area (TPSA) is 26.3 Å². The van der Waals surface area contributed by atoms with Crippen LogP contribution in [-0.2, 0) is 9.53 Å². The second kappa shape index (κ2) is 7.15. The Hall–Kier alpha value is -1.25. The summed E-state index contributed by atoms with van der Waals surface area (Å²) in [5.41, 5.74) is 1.42. The highest BCUT2D eigenvalue weighted by Crippen LogP contribution is 2.32. The normalized spacial score (nSPS) is 13.3. The first-order chi connectivity index (χ1) is 9.69. The van der Waals surface area contributed by atoms with Crippen molar-refractivity contribution < 1.29 is 9.53 Å². The van der Waals surface area contributed by atoms with Crippen LogP contribution >= 0.6 is 23.2 Å². The van der Waals surface area contributed by atoms with E-state index in [9.17, 15) is 4.79 Å². The summed E-state index contributed by atoms with van der Waals surface area (Å²) < 4.78 is 5.44. The molecule has 1 aromatic rings. The van der Waals surface area contributed by atoms with Gasteiger partial charge in [-0.25, -0.2) is 4.79 Å². The van der Waals surface area contributed by atoms with E-state index in [1.165, 1.54) is 0 Å². The summed E-state index contributed by atoms with van der Waals surface area (Å²) in [7, 11) is 0. The van der Waals surface area contributed by atoms with Gasteiger partial charge in [0.1, 0.15) is 5.60 Å². The first kappa shape index (κ1) is 17.8. The van der Waals surface area contributed by atoms with Crippen LogP contribution in [0.1, 0.15) is 40.2 Å². The van der Waals surface area contributed by atoms with E-state index < -0.39 is 5.60 Å². The van der Waals surface area contributed by atoms with Crippen LogP contribution in [0, 0.1) is 0 Å². The van der Waals surface area contributed by atoms with Crippen LogP contribution < -0.4 is 0 Å². The number of rotatable bonds is 3. The van der Waals surface area contributed by atoms with Gasteiger partial charge in [-0.15, -0.1) is 0 Å². The van der Waals surface area contributed by atoms with Crippen molar-refractivity contribution in [3.63, 3.8) is 0 Å². The molecule has 0 spiro atoms. The number of halogens is 2. The number of carbonyl (C=O) groups is 1. The zero-order chi connectivity index (χ0) is 16.2. The molecule has 21 heavy (non-hydrogen) atoms. The molecule has 0 radical (unpaired) electrons. The highest BCUT2D eigenvalue weighted by Gasteiger charge is 2.23. The SMILES string of the molecule is C/C=C(C(=O)OC(C)(C)C)\C(=C/C)c1ccc(Cl)cc1Cl. The van der Waals surface area contributed by atoms with Gasteiger partial charge in [-0.2, -0.15) is 0 Å². The summed E-state index contributed by atoms with van der Waals surface area (Å²) in [5, 5.41) is 1.05. The summed E-state index contributed by atoms with van der Waals surface area (Å²) >= 11 is 12.2. The van der Waals surface area contributed by atoms with Crippen LogP contribution in [-0.4, -0.2) is 11.6 Å². The summed E-state index contributed by atoms with van der Waals surface area (Å²) in [6.45, 7) is 9.16. The molecule has 2 nitrogen and oxygen atoms in total. The lowest BCUT2D eigenvalue weighted by Crippen LogP contribution is -2.25. The third-order valence-corrected chi connectivity index (χ3v) is 3.26. The third-order valence-electron chi connectivity index (χ3n) is 2.71. The molecule has 0 saturated heterocycles. The first-order valence-corrected chi connectivity index (χ1v) is 7.47. The molecule has 0 aromatic heterocycles. The molecule has 114 valence electrons. The van der Waals surface area contributed by atoms with Gasteiger partial charge in [0.15, 0.2) is 0 Å². The number of benzene rings is 1. The molecular formula is C17H20Cl2O2. The molecule has 0 bridgehead atoms. The minimum absolute atomic E-state index is 0.371. The largest absolute Gasteiger partial charge is 0.456 e. The number of esters is 1. The molecule has 1 aromatic carbocycles. The van der Waals surface area contributed by atoms with Crippen LogP contribution in [0.3, 0.4) is 0 Å². The molecule has 0 unspecified atom stereocenters. The van der Waals surface area contributed by atoms with Gasteiger partial charge in [0.05, 0.1) is 5.57 Å². The van der Waals surface area contributed by atoms with Gasteiger partial charge >= 0.3 is 5.97 Å². The zero-order valence-corrected chi connectivity index (χ0v) is 14.5. The summed E-state index contributed by atoms with van der Waals surface area (Å²) in [6.07, 6.45) is 3.57. The summed E-state index contributed by atoms with van der Waals surface area (Å²) in [4.78, 5) is 12.3. The summed E-state index contributed by atoms with van der Waals surface area (Å²) in [5.74, 6) is -0.371. The molecule has 0 aliphatic rings. The predicted octanol–water partition coefficient (Wildman–Crippen LogP) is 5.68. The van der Waals surface area contributed by atoms with Gasteiger partial charge in [-0.05, 0) is 52.3 Å². The van der Waals surface area contributed by atoms with E-state index in [0.717, 1.165) is 11.1 Å². The quantitative estimate of drug-likeness (QED) is 0.405. The zero-order valence-electron chi connectivity index (χ0n) is 13.0. The molecule has 0 heterocycles. The van der Waals surface area contributed by atoms with Crippen molar-refractivity contribution in [1.82, 2.24) is 0 Å². The number of allylic oxidation sites excluding steroid dienone is 2. The average Bonchev–Trinajstić information content (AvgIpc) is 2.34. The van der Waals surface area contributed by atoms with Crippen LogP contribution in [0.15, 0.2) is 35.9 Å². The lowest BCUT2D eigenvalue weighted by atomic mass is 9.97. The molecule has 0 aliphatic heterocycles. The standard InChI is InChI=1S/C17H20Cl2O2/c1-6-12(14-9-8-11(18)10-15(14)19)13(7-2)16(20)21-17(3,4)5/h6-10H,1-5H3/b12-6+,13-7+. The molecule has 0 N–H and O–H groups in total. The van der Waals surface area contributed by atoms with Gasteiger partial charge < -0.3 is 4.74 Å². The maximum absolute atomic E-state index is 12.3. The van der Waals surface area contributed by atoms with Gasteiger partial charge in [0.2, 0.25) is 0 Å². The molecule has 0 atom stereocenters. The van der Waals surface area contributed by atoms with Gasteiger partial charge in [0, 0.05) is 15.6 Å². The van der Waals surface area contributed by atoms with Crippen molar-refractivity contribution in [3.05, 3.63) is 51.5 Å². The minimum atomic E-state index is -0.548. The fraction of sp³-hybridized carbons (Fsp3) is 0.353. The fourth-order valence-corrected chi connectivity index (χ4v) is 2.39. The average molecular weight is 327 g/mol. The second-order valence-electron chi connectivity index (χ2n) is 5.53. The second-order valence-corrected chi connectivity index (χ2v) is 6.37. The number of hydrogen-bond acceptors (Lipinski definition) is 2. The Morgan fingerprint density at radius 2 is 1.76 bits per heavy atom. The van der Waals surface area contributed by atoms with Crippen LogP contribution in [0.2, 0.25) is 10.0 Å². The molecule has 0 fully saturated rings. The van der Waals surface area contributed by atoms with E-state index >= 15 is 0 Å². The van der Waals surface area contributed by atoms with Crippen LogP contribution in [0.5, 0.6) is 0 Å². The van der Waals surface area contributed by atoms with Crippen molar-refractivity contribution in [2.24, 2.45) is 0 Å². The Morgan fingerprint density at radius 1 is 1.14 bits per heavy atom. The monoisotopic (exact) mass is 326 g/mol. The first-order valence-electron chi connectivity index (χ1n) is 6.71. The van der Waals surface area contributed by atoms with Gasteiger partial charge in [-0.1, -0.05) is 41.4 Å². The third kappa shape index (κ3) is 4.90. The van der Waals surface area contributed by atoms with Crippen LogP contribution in [0.4, 0.5) is 0 Å². The van der Waals surface area contributed by atoms with Crippen molar-refractivity contribution >= 4 is 34.7 Å². The van der Waals surface area contributed by atoms with E-state index in [1.807, 2.05) is 33.8 Å². The van der Waals surface area contributed by atoms with E-state index in [4.69, 9.17) is 27.9 Å². The van der Waals surface area contributed by atoms with Gasteiger partial charge in [0.25, 0.3) is 0 Å². The predicted molar refractivity (Wildman–Crippen MR) is 89.7 cm³/mol. The molecule has 0 saturated carbocycles. The van der Waals surface area contributed by atoms with Crippen molar-refractivity contribution in [2.45, 2.75) is 40.2 Å². The fourth-order valence-electron chi connectivity index (χ4n) is 1.88. The maximum atomic E-state index is 12.3. The van der Waals surface area contributed by atoms with Crippen molar-refractivity contribution in [1.29, 1.82) is 0 Å². The smallest absolute Gasteiger partial charge is 0.338 e. The van der Waals surface area contributed by atoms with Crippen molar-refractivity contribution in [3.8, 4) is 0 Å². The lowest BCUT2D eigenvalue weighted by Gasteiger charge is -2.22. The van der Waals surface area contributed by atoms with Crippen LogP contribution in [0.25, 0.3) is 5.57 Å². The Kier molecular flexibility index (Phi) is 6.06. The maximum Gasteiger partial charge on any atom is 0.338 e. The number of hydrogen-bond donors (Lipinski definition) is 0. The number of ether oxygens (including phenoxy) is 1. The molecule has 1 rings (SSSR count). The minimum Gasteiger partial charge on any atom is -0.456 e. The van der Waals surface area contributed by atoms with Gasteiger partial charge in [-0.3, -0.25) is 0 Å². The highest BCUT2D eigenvalue weighted by atomic mass is 35.5. The Labute approximate surface area is 136 Å². The molecule has 0 aliphatic carbocycles. The van der Waals surface area contributed by atoms with E-state index in [0.29, 0.717) is 15.6 Å². The highest BCUT2D eigenvalue weighted by molar-refractivity contribution is 6.36. The van der Waals surface area contributed by atoms with E-state index in [-0.39, 0.29) is 5.97 Å². The molecular weight excluding hydrogens is 307 g/mol. The van der Waals surface area contributed by atoms with E-state index in [1.54, 1.807) is 31.2 Å². The number of carbonyl (C=O) groups excluding carboxylic acids is 1. The Balaban J connectivity index is 3.22. The Bertz CT molecular complexity index is 593. The molecule has 0 amide bonds. The van der Waals surface area contributed by atoms with E-state index in [2.05, 4.69) is 0 Å². The van der Waals surface area contributed by atoms with Crippen molar-refractivity contribution in [2.75, 3.05) is 0 Å². The summed E-state index contributed by atoms with van der Waals surface area (Å²) in [6, 6.07) is 5.20. The lowest BCUT2D eigenvalue weighted by molar-refractivity contribution is -0.149.